The van der Waals surface area contributed by atoms with Gasteiger partial charge in [-0.05, 0) is 61.7 Å². The van der Waals surface area contributed by atoms with Crippen LogP contribution < -0.4 is 15.5 Å². The largest absolute Gasteiger partial charge is 0.382 e. The predicted molar refractivity (Wildman–Crippen MR) is 164 cm³/mol. The fraction of sp³-hybridized carbons (Fsp3) is 0.485. The molecule has 11 heteroatoms. The van der Waals surface area contributed by atoms with E-state index in [1.54, 1.807) is 12.1 Å². The molecule has 4 heterocycles. The number of piperidine rings is 1. The van der Waals surface area contributed by atoms with Crippen molar-refractivity contribution in [2.75, 3.05) is 49.5 Å². The third-order valence-electron chi connectivity index (χ3n) is 9.88. The maximum absolute atomic E-state index is 13.2. The van der Waals surface area contributed by atoms with E-state index in [1.807, 2.05) is 35.2 Å². The van der Waals surface area contributed by atoms with Gasteiger partial charge in [0, 0.05) is 74.7 Å². The summed E-state index contributed by atoms with van der Waals surface area (Å²) < 4.78 is 0. The molecule has 3 saturated heterocycles. The number of fused-ring (bicyclic) bond motifs is 1. The molecule has 0 spiro atoms. The fourth-order valence-electron chi connectivity index (χ4n) is 7.22. The molecule has 1 saturated carbocycles. The van der Waals surface area contributed by atoms with E-state index < -0.39 is 29.7 Å². The number of nitrogens with zero attached hydrogens (tertiary/aromatic N) is 4. The van der Waals surface area contributed by atoms with Crippen molar-refractivity contribution >= 4 is 40.9 Å². The third kappa shape index (κ3) is 5.34. The van der Waals surface area contributed by atoms with Gasteiger partial charge in [0.1, 0.15) is 6.04 Å². The molecule has 11 nitrogen and oxygen atoms in total. The van der Waals surface area contributed by atoms with Crippen LogP contribution >= 0.6 is 0 Å². The van der Waals surface area contributed by atoms with E-state index in [4.69, 9.17) is 0 Å². The second kappa shape index (κ2) is 11.7. The Kier molecular flexibility index (Phi) is 7.57. The number of benzene rings is 2. The molecular weight excluding hydrogens is 560 g/mol. The van der Waals surface area contributed by atoms with E-state index in [9.17, 15) is 24.0 Å². The van der Waals surface area contributed by atoms with Crippen LogP contribution in [0.3, 0.4) is 0 Å². The Morgan fingerprint density at radius 2 is 1.50 bits per heavy atom. The molecule has 1 aliphatic carbocycles. The number of nitrogens with one attached hydrogen (secondary N) is 2. The molecule has 1 atom stereocenters. The average molecular weight is 599 g/mol. The van der Waals surface area contributed by atoms with Gasteiger partial charge >= 0.3 is 0 Å². The van der Waals surface area contributed by atoms with Crippen molar-refractivity contribution in [3.8, 4) is 0 Å². The van der Waals surface area contributed by atoms with Crippen molar-refractivity contribution in [2.45, 2.75) is 63.1 Å². The minimum Gasteiger partial charge on any atom is -0.382 e. The number of carbonyl (C=O) groups is 5. The molecule has 4 aliphatic heterocycles. The SMILES string of the molecule is O=C1CCC(N2C(=O)c3ccc(N4CC(N5CCN(C(=O)c6ccc(NC7CCCCC7)cc6)CC5)C4)cc3C2=O)C(=O)N1. The number of piperazine rings is 1. The maximum atomic E-state index is 13.2. The van der Waals surface area contributed by atoms with Crippen LogP contribution in [0.15, 0.2) is 42.5 Å². The molecule has 0 radical (unpaired) electrons. The quantitative estimate of drug-likeness (QED) is 0.487. The number of imide groups is 2. The summed E-state index contributed by atoms with van der Waals surface area (Å²) in [5.74, 6) is -1.91. The lowest BCUT2D eigenvalue weighted by Gasteiger charge is -2.49. The van der Waals surface area contributed by atoms with Gasteiger partial charge in [0.2, 0.25) is 11.8 Å². The third-order valence-corrected chi connectivity index (χ3v) is 9.88. The second-order valence-electron chi connectivity index (χ2n) is 12.6. The highest BCUT2D eigenvalue weighted by atomic mass is 16.2. The zero-order chi connectivity index (χ0) is 30.4. The van der Waals surface area contributed by atoms with Crippen LogP contribution in [0, 0.1) is 0 Å². The molecule has 230 valence electrons. The van der Waals surface area contributed by atoms with Gasteiger partial charge in [0.25, 0.3) is 17.7 Å². The Labute approximate surface area is 256 Å². The van der Waals surface area contributed by atoms with Crippen molar-refractivity contribution in [1.29, 1.82) is 0 Å². The Bertz CT molecular complexity index is 1490. The number of carbonyl (C=O) groups excluding carboxylic acids is 5. The molecule has 2 aromatic carbocycles. The minimum atomic E-state index is -0.968. The van der Waals surface area contributed by atoms with Crippen LogP contribution in [0.1, 0.15) is 76.0 Å². The number of rotatable bonds is 6. The highest BCUT2D eigenvalue weighted by molar-refractivity contribution is 6.23. The first-order valence-electron chi connectivity index (χ1n) is 15.9. The lowest BCUT2D eigenvalue weighted by atomic mass is 9.95. The summed E-state index contributed by atoms with van der Waals surface area (Å²) in [6.07, 6.45) is 6.54. The fourth-order valence-corrected chi connectivity index (χ4v) is 7.22. The van der Waals surface area contributed by atoms with Gasteiger partial charge < -0.3 is 15.1 Å². The van der Waals surface area contributed by atoms with Crippen molar-refractivity contribution in [3.63, 3.8) is 0 Å². The summed E-state index contributed by atoms with van der Waals surface area (Å²) in [6, 6.07) is 13.1. The minimum absolute atomic E-state index is 0.0767. The van der Waals surface area contributed by atoms with E-state index in [-0.39, 0.29) is 24.3 Å². The Balaban J connectivity index is 0.904. The van der Waals surface area contributed by atoms with Crippen molar-refractivity contribution in [3.05, 3.63) is 59.2 Å². The summed E-state index contributed by atoms with van der Waals surface area (Å²) in [4.78, 5) is 70.8. The zero-order valence-electron chi connectivity index (χ0n) is 24.8. The van der Waals surface area contributed by atoms with Crippen molar-refractivity contribution in [1.82, 2.24) is 20.0 Å². The lowest BCUT2D eigenvalue weighted by Crippen LogP contribution is -2.63. The van der Waals surface area contributed by atoms with E-state index in [1.165, 1.54) is 32.1 Å². The summed E-state index contributed by atoms with van der Waals surface area (Å²) in [7, 11) is 0. The van der Waals surface area contributed by atoms with E-state index >= 15 is 0 Å². The molecule has 5 aliphatic rings. The van der Waals surface area contributed by atoms with Crippen LogP contribution in [-0.2, 0) is 9.59 Å². The second-order valence-corrected chi connectivity index (χ2v) is 12.6. The van der Waals surface area contributed by atoms with Crippen molar-refractivity contribution < 1.29 is 24.0 Å². The molecular formula is C33H38N6O5. The van der Waals surface area contributed by atoms with Crippen LogP contribution in [0.2, 0.25) is 0 Å². The maximum Gasteiger partial charge on any atom is 0.262 e. The van der Waals surface area contributed by atoms with Gasteiger partial charge in [0.05, 0.1) is 11.1 Å². The number of hydrogen-bond donors (Lipinski definition) is 2. The van der Waals surface area contributed by atoms with Gasteiger partial charge in [-0.15, -0.1) is 0 Å². The predicted octanol–water partition coefficient (Wildman–Crippen LogP) is 2.48. The molecule has 0 aromatic heterocycles. The topological polar surface area (TPSA) is 122 Å². The average Bonchev–Trinajstić information content (AvgIpc) is 3.26. The van der Waals surface area contributed by atoms with Gasteiger partial charge in [-0.3, -0.25) is 39.1 Å². The highest BCUT2D eigenvalue weighted by Crippen LogP contribution is 2.33. The molecule has 1 unspecified atom stereocenters. The first-order valence-corrected chi connectivity index (χ1v) is 15.9. The standard InChI is InChI=1S/C33H38N6O5/c40-29-13-12-28(30(41)35-29)39-32(43)26-11-10-24(18-27(26)33(39)44)38-19-25(20-38)36-14-16-37(17-15-36)31(42)21-6-8-23(9-7-21)34-22-4-2-1-3-5-22/h6-11,18,22,25,28,34H,1-5,12-17,19-20H2,(H,35,40,41). The van der Waals surface area contributed by atoms with Gasteiger partial charge in [-0.1, -0.05) is 19.3 Å². The zero-order valence-corrected chi connectivity index (χ0v) is 24.8. The van der Waals surface area contributed by atoms with E-state index in [0.29, 0.717) is 30.7 Å². The first-order chi connectivity index (χ1) is 21.4. The summed E-state index contributed by atoms with van der Waals surface area (Å²) in [6.45, 7) is 4.57. The number of amides is 5. The van der Waals surface area contributed by atoms with Crippen LogP contribution in [-0.4, -0.2) is 102 Å². The number of hydrogen-bond acceptors (Lipinski definition) is 8. The number of anilines is 2. The highest BCUT2D eigenvalue weighted by Gasteiger charge is 2.45. The van der Waals surface area contributed by atoms with Gasteiger partial charge in [-0.25, -0.2) is 0 Å². The normalized spacial score (nSPS) is 23.5. The summed E-state index contributed by atoms with van der Waals surface area (Å²) in [5, 5.41) is 5.84. The lowest BCUT2D eigenvalue weighted by molar-refractivity contribution is -0.136. The van der Waals surface area contributed by atoms with Gasteiger partial charge in [0.15, 0.2) is 0 Å². The molecule has 4 fully saturated rings. The Morgan fingerprint density at radius 3 is 2.20 bits per heavy atom. The van der Waals surface area contributed by atoms with Gasteiger partial charge in [-0.2, -0.15) is 0 Å². The van der Waals surface area contributed by atoms with E-state index in [0.717, 1.165) is 48.0 Å². The Hall–Kier alpha value is -4.25. The van der Waals surface area contributed by atoms with Crippen LogP contribution in [0.25, 0.3) is 0 Å². The molecule has 2 N–H and O–H groups in total. The van der Waals surface area contributed by atoms with Crippen molar-refractivity contribution in [2.24, 2.45) is 0 Å². The molecule has 44 heavy (non-hydrogen) atoms. The van der Waals surface area contributed by atoms with E-state index in [2.05, 4.69) is 20.4 Å². The molecule has 7 rings (SSSR count). The smallest absolute Gasteiger partial charge is 0.262 e. The molecule has 2 aromatic rings. The van der Waals surface area contributed by atoms with Crippen LogP contribution in [0.5, 0.6) is 0 Å². The van der Waals surface area contributed by atoms with Crippen LogP contribution in [0.4, 0.5) is 11.4 Å². The monoisotopic (exact) mass is 598 g/mol. The first kappa shape index (κ1) is 28.5. The molecule has 0 bridgehead atoms. The molecule has 5 amide bonds. The Morgan fingerprint density at radius 1 is 0.795 bits per heavy atom. The summed E-state index contributed by atoms with van der Waals surface area (Å²) >= 11 is 0. The summed E-state index contributed by atoms with van der Waals surface area (Å²) in [5.41, 5.74) is 3.26.